The van der Waals surface area contributed by atoms with E-state index in [0.29, 0.717) is 11.6 Å². The Balaban J connectivity index is 1.79. The monoisotopic (exact) mass is 323 g/mol. The Bertz CT molecular complexity index is 752. The first-order chi connectivity index (χ1) is 10.5. The molecule has 1 aliphatic rings. The summed E-state index contributed by atoms with van der Waals surface area (Å²) >= 11 is 0. The number of rotatable bonds is 6. The van der Waals surface area contributed by atoms with E-state index in [0.717, 1.165) is 12.8 Å². The molecule has 1 N–H and O–H groups in total. The predicted molar refractivity (Wildman–Crippen MR) is 77.8 cm³/mol. The van der Waals surface area contributed by atoms with E-state index in [1.54, 1.807) is 23.7 Å². The van der Waals surface area contributed by atoms with E-state index >= 15 is 0 Å². The van der Waals surface area contributed by atoms with E-state index in [9.17, 15) is 8.42 Å². The SMILES string of the molecule is COc1ccc(S(=O)(=O)N[C@H](C)c2nnnn2C2CC2)cc1. The zero-order valence-corrected chi connectivity index (χ0v) is 13.1. The van der Waals surface area contributed by atoms with E-state index in [-0.39, 0.29) is 10.9 Å². The first-order valence-corrected chi connectivity index (χ1v) is 8.44. The molecule has 0 saturated heterocycles. The minimum Gasteiger partial charge on any atom is -0.497 e. The van der Waals surface area contributed by atoms with Gasteiger partial charge >= 0.3 is 0 Å². The fraction of sp³-hybridized carbons (Fsp3) is 0.462. The fourth-order valence-electron chi connectivity index (χ4n) is 2.17. The van der Waals surface area contributed by atoms with Gasteiger partial charge < -0.3 is 4.74 Å². The van der Waals surface area contributed by atoms with Gasteiger partial charge in [0.25, 0.3) is 0 Å². The fourth-order valence-corrected chi connectivity index (χ4v) is 3.37. The smallest absolute Gasteiger partial charge is 0.241 e. The Hall–Kier alpha value is -2.00. The highest BCUT2D eigenvalue weighted by molar-refractivity contribution is 7.89. The van der Waals surface area contributed by atoms with Crippen molar-refractivity contribution in [1.82, 2.24) is 24.9 Å². The topological polar surface area (TPSA) is 99.0 Å². The van der Waals surface area contributed by atoms with Gasteiger partial charge in [-0.15, -0.1) is 5.10 Å². The summed E-state index contributed by atoms with van der Waals surface area (Å²) in [6.45, 7) is 1.73. The van der Waals surface area contributed by atoms with Gasteiger partial charge in [-0.05, 0) is 54.5 Å². The molecule has 8 nitrogen and oxygen atoms in total. The normalized spacial score (nSPS) is 16.5. The number of benzene rings is 1. The summed E-state index contributed by atoms with van der Waals surface area (Å²) in [7, 11) is -2.12. The van der Waals surface area contributed by atoms with Crippen LogP contribution in [-0.2, 0) is 10.0 Å². The number of nitrogens with one attached hydrogen (secondary N) is 1. The minimum atomic E-state index is -3.65. The third-order valence-corrected chi connectivity index (χ3v) is 5.06. The summed E-state index contributed by atoms with van der Waals surface area (Å²) in [5.74, 6) is 1.13. The lowest BCUT2D eigenvalue weighted by atomic mass is 10.3. The van der Waals surface area contributed by atoms with Crippen molar-refractivity contribution in [3.8, 4) is 5.75 Å². The standard InChI is InChI=1S/C13H17N5O3S/c1-9(13-14-16-17-18(13)10-3-4-10)15-22(19,20)12-7-5-11(21-2)6-8-12/h5-10,15H,3-4H2,1-2H3/t9-/m1/s1. The van der Waals surface area contributed by atoms with Crippen LogP contribution in [0.4, 0.5) is 0 Å². The molecule has 0 radical (unpaired) electrons. The predicted octanol–water partition coefficient (Wildman–Crippen LogP) is 1.06. The van der Waals surface area contributed by atoms with Crippen LogP contribution in [-0.4, -0.2) is 35.7 Å². The molecule has 0 unspecified atom stereocenters. The van der Waals surface area contributed by atoms with Gasteiger partial charge in [-0.2, -0.15) is 0 Å². The Labute approximate surface area is 128 Å². The average molecular weight is 323 g/mol. The van der Waals surface area contributed by atoms with Gasteiger partial charge in [0.1, 0.15) is 5.75 Å². The first-order valence-electron chi connectivity index (χ1n) is 6.95. The maximum atomic E-state index is 12.4. The number of tetrazole rings is 1. The van der Waals surface area contributed by atoms with E-state index in [1.165, 1.54) is 19.2 Å². The third kappa shape index (κ3) is 2.95. The largest absolute Gasteiger partial charge is 0.497 e. The Morgan fingerprint density at radius 2 is 2.00 bits per heavy atom. The van der Waals surface area contributed by atoms with Gasteiger partial charge in [-0.1, -0.05) is 0 Å². The van der Waals surface area contributed by atoms with E-state index in [1.807, 2.05) is 0 Å². The van der Waals surface area contributed by atoms with Crippen LogP contribution in [0.2, 0.25) is 0 Å². The molecule has 0 spiro atoms. The molecule has 0 bridgehead atoms. The van der Waals surface area contributed by atoms with Crippen molar-refractivity contribution in [2.75, 3.05) is 7.11 Å². The minimum absolute atomic E-state index is 0.172. The molecule has 1 atom stereocenters. The zero-order valence-electron chi connectivity index (χ0n) is 12.3. The van der Waals surface area contributed by atoms with E-state index in [2.05, 4.69) is 20.2 Å². The third-order valence-electron chi connectivity index (χ3n) is 3.50. The first kappa shape index (κ1) is 14.9. The van der Waals surface area contributed by atoms with Crippen molar-refractivity contribution >= 4 is 10.0 Å². The number of nitrogens with zero attached hydrogens (tertiary/aromatic N) is 4. The maximum Gasteiger partial charge on any atom is 0.241 e. The highest BCUT2D eigenvalue weighted by Crippen LogP contribution is 2.35. The molecule has 9 heteroatoms. The molecular weight excluding hydrogens is 306 g/mol. The van der Waals surface area contributed by atoms with Gasteiger partial charge in [0.15, 0.2) is 5.82 Å². The second-order valence-corrected chi connectivity index (χ2v) is 6.95. The molecule has 1 fully saturated rings. The number of hydrogen-bond donors (Lipinski definition) is 1. The van der Waals surface area contributed by atoms with E-state index < -0.39 is 16.1 Å². The molecule has 2 aromatic rings. The van der Waals surface area contributed by atoms with Crippen LogP contribution in [0, 0.1) is 0 Å². The summed E-state index contributed by atoms with van der Waals surface area (Å²) < 4.78 is 34.1. The molecule has 1 aliphatic carbocycles. The Morgan fingerprint density at radius 1 is 1.32 bits per heavy atom. The maximum absolute atomic E-state index is 12.4. The molecule has 1 saturated carbocycles. The molecule has 3 rings (SSSR count). The number of sulfonamides is 1. The number of hydrogen-bond acceptors (Lipinski definition) is 6. The lowest BCUT2D eigenvalue weighted by Gasteiger charge is -2.14. The average Bonchev–Trinajstić information content (AvgIpc) is 3.23. The van der Waals surface area contributed by atoms with Gasteiger partial charge in [-0.3, -0.25) is 0 Å². The molecule has 118 valence electrons. The van der Waals surface area contributed by atoms with Gasteiger partial charge in [0.2, 0.25) is 10.0 Å². The van der Waals surface area contributed by atoms with Crippen LogP contribution < -0.4 is 9.46 Å². The van der Waals surface area contributed by atoms with Crippen molar-refractivity contribution in [2.45, 2.75) is 36.7 Å². The number of methoxy groups -OCH3 is 1. The Kier molecular flexibility index (Phi) is 3.83. The molecule has 1 aromatic carbocycles. The summed E-state index contributed by atoms with van der Waals surface area (Å²) in [6, 6.07) is 5.98. The number of aromatic nitrogens is 4. The Morgan fingerprint density at radius 3 is 2.59 bits per heavy atom. The summed E-state index contributed by atoms with van der Waals surface area (Å²) in [4.78, 5) is 0.172. The molecule has 1 heterocycles. The highest BCUT2D eigenvalue weighted by atomic mass is 32.2. The van der Waals surface area contributed by atoms with Crippen molar-refractivity contribution in [2.24, 2.45) is 0 Å². The van der Waals surface area contributed by atoms with Crippen molar-refractivity contribution in [3.63, 3.8) is 0 Å². The summed E-state index contributed by atoms with van der Waals surface area (Å²) in [5, 5.41) is 11.5. The molecule has 22 heavy (non-hydrogen) atoms. The second kappa shape index (κ2) is 5.65. The van der Waals surface area contributed by atoms with Crippen LogP contribution in [0.25, 0.3) is 0 Å². The summed E-state index contributed by atoms with van der Waals surface area (Å²) in [5.41, 5.74) is 0. The van der Waals surface area contributed by atoms with Gasteiger partial charge in [0, 0.05) is 0 Å². The van der Waals surface area contributed by atoms with Crippen LogP contribution >= 0.6 is 0 Å². The molecular formula is C13H17N5O3S. The highest BCUT2D eigenvalue weighted by Gasteiger charge is 2.31. The van der Waals surface area contributed by atoms with Gasteiger partial charge in [0.05, 0.1) is 24.1 Å². The van der Waals surface area contributed by atoms with Crippen LogP contribution in [0.1, 0.15) is 37.7 Å². The molecule has 0 aliphatic heterocycles. The van der Waals surface area contributed by atoms with Crippen LogP contribution in [0.3, 0.4) is 0 Å². The van der Waals surface area contributed by atoms with E-state index in [4.69, 9.17) is 4.74 Å². The van der Waals surface area contributed by atoms with Gasteiger partial charge in [-0.25, -0.2) is 17.8 Å². The second-order valence-electron chi connectivity index (χ2n) is 5.23. The molecule has 1 aromatic heterocycles. The quantitative estimate of drug-likeness (QED) is 0.853. The van der Waals surface area contributed by atoms with Crippen LogP contribution in [0.5, 0.6) is 5.75 Å². The van der Waals surface area contributed by atoms with Crippen LogP contribution in [0.15, 0.2) is 29.2 Å². The van der Waals surface area contributed by atoms with Crippen molar-refractivity contribution < 1.29 is 13.2 Å². The zero-order chi connectivity index (χ0) is 15.7. The van der Waals surface area contributed by atoms with Crippen molar-refractivity contribution in [3.05, 3.63) is 30.1 Å². The molecule has 0 amide bonds. The summed E-state index contributed by atoms with van der Waals surface area (Å²) in [6.07, 6.45) is 2.05. The lowest BCUT2D eigenvalue weighted by Crippen LogP contribution is -2.29. The number of ether oxygens (including phenoxy) is 1. The van der Waals surface area contributed by atoms with Crippen molar-refractivity contribution in [1.29, 1.82) is 0 Å². The lowest BCUT2D eigenvalue weighted by molar-refractivity contribution is 0.414.